The third-order valence-corrected chi connectivity index (χ3v) is 1.61. The topological polar surface area (TPSA) is 36.7 Å². The maximum absolute atomic E-state index is 12.7. The zero-order valence-electron chi connectivity index (χ0n) is 7.00. The first-order valence-electron chi connectivity index (χ1n) is 3.70. The summed E-state index contributed by atoms with van der Waals surface area (Å²) in [7, 11) is 0. The molecule has 1 rings (SSSR count). The third-order valence-electron chi connectivity index (χ3n) is 1.61. The van der Waals surface area contributed by atoms with E-state index in [1.807, 2.05) is 19.9 Å². The molecule has 2 nitrogen and oxygen atoms in total. The lowest BCUT2D eigenvalue weighted by Crippen LogP contribution is -1.96. The van der Waals surface area contributed by atoms with Crippen molar-refractivity contribution in [2.45, 2.75) is 19.8 Å². The Hall–Kier alpha value is -1.43. The number of aromatic nitrogens is 1. The van der Waals surface area contributed by atoms with Gasteiger partial charge in [0.2, 0.25) is 0 Å². The van der Waals surface area contributed by atoms with Crippen molar-refractivity contribution in [3.63, 3.8) is 0 Å². The summed E-state index contributed by atoms with van der Waals surface area (Å²) in [5.74, 6) is -0.263. The summed E-state index contributed by atoms with van der Waals surface area (Å²) in [5, 5.41) is 8.62. The van der Waals surface area contributed by atoms with Crippen LogP contribution in [0.2, 0.25) is 0 Å². The lowest BCUT2D eigenvalue weighted by molar-refractivity contribution is 0.615. The monoisotopic (exact) mass is 164 g/mol. The SMILES string of the molecule is CC(C)c1cc(F)cnc1C#N. The Morgan fingerprint density at radius 1 is 1.58 bits per heavy atom. The van der Waals surface area contributed by atoms with Crippen LogP contribution in [-0.4, -0.2) is 4.98 Å². The van der Waals surface area contributed by atoms with E-state index in [0.717, 1.165) is 6.20 Å². The Bertz CT molecular complexity index is 326. The van der Waals surface area contributed by atoms with Gasteiger partial charge in [-0.15, -0.1) is 0 Å². The van der Waals surface area contributed by atoms with Crippen LogP contribution in [0, 0.1) is 17.1 Å². The number of nitriles is 1. The van der Waals surface area contributed by atoms with Gasteiger partial charge < -0.3 is 0 Å². The minimum absolute atomic E-state index is 0.128. The van der Waals surface area contributed by atoms with Crippen molar-refractivity contribution in [1.29, 1.82) is 5.26 Å². The Morgan fingerprint density at radius 3 is 2.75 bits per heavy atom. The van der Waals surface area contributed by atoms with Crippen LogP contribution in [0.4, 0.5) is 4.39 Å². The van der Waals surface area contributed by atoms with Crippen LogP contribution in [0.5, 0.6) is 0 Å². The van der Waals surface area contributed by atoms with Crippen LogP contribution in [0.15, 0.2) is 12.3 Å². The zero-order valence-corrected chi connectivity index (χ0v) is 7.00. The van der Waals surface area contributed by atoms with Gasteiger partial charge in [-0.3, -0.25) is 0 Å². The molecule has 0 fully saturated rings. The molecule has 0 radical (unpaired) electrons. The van der Waals surface area contributed by atoms with E-state index in [4.69, 9.17) is 5.26 Å². The second-order valence-corrected chi connectivity index (χ2v) is 2.86. The number of rotatable bonds is 1. The molecule has 62 valence electrons. The minimum Gasteiger partial charge on any atom is -0.242 e. The molecule has 0 aliphatic heterocycles. The van der Waals surface area contributed by atoms with Crippen molar-refractivity contribution in [3.05, 3.63) is 29.3 Å². The summed E-state index contributed by atoms with van der Waals surface area (Å²) >= 11 is 0. The van der Waals surface area contributed by atoms with Gasteiger partial charge in [-0.1, -0.05) is 13.8 Å². The predicted octanol–water partition coefficient (Wildman–Crippen LogP) is 2.22. The van der Waals surface area contributed by atoms with E-state index < -0.39 is 5.82 Å². The first-order valence-corrected chi connectivity index (χ1v) is 3.70. The summed E-state index contributed by atoms with van der Waals surface area (Å²) < 4.78 is 12.7. The highest BCUT2D eigenvalue weighted by atomic mass is 19.1. The summed E-state index contributed by atoms with van der Waals surface area (Å²) in [6.45, 7) is 3.80. The van der Waals surface area contributed by atoms with Crippen molar-refractivity contribution in [1.82, 2.24) is 4.98 Å². The highest BCUT2D eigenvalue weighted by molar-refractivity contribution is 5.33. The molecule has 3 heteroatoms. The highest BCUT2D eigenvalue weighted by Crippen LogP contribution is 2.17. The van der Waals surface area contributed by atoms with Crippen molar-refractivity contribution in [2.24, 2.45) is 0 Å². The number of pyridine rings is 1. The van der Waals surface area contributed by atoms with Crippen molar-refractivity contribution < 1.29 is 4.39 Å². The van der Waals surface area contributed by atoms with Gasteiger partial charge in [0.1, 0.15) is 17.6 Å². The Kier molecular flexibility index (Phi) is 2.39. The van der Waals surface area contributed by atoms with E-state index >= 15 is 0 Å². The fourth-order valence-corrected chi connectivity index (χ4v) is 0.988. The van der Waals surface area contributed by atoms with Crippen LogP contribution >= 0.6 is 0 Å². The second kappa shape index (κ2) is 3.31. The molecule has 0 saturated heterocycles. The largest absolute Gasteiger partial charge is 0.242 e. The molecule has 0 atom stereocenters. The lowest BCUT2D eigenvalue weighted by Gasteiger charge is -2.05. The normalized spacial score (nSPS) is 9.92. The van der Waals surface area contributed by atoms with Gasteiger partial charge >= 0.3 is 0 Å². The number of nitrogens with zero attached hydrogens (tertiary/aromatic N) is 2. The summed E-state index contributed by atoms with van der Waals surface area (Å²) in [5.41, 5.74) is 0.976. The van der Waals surface area contributed by atoms with Gasteiger partial charge in [0.25, 0.3) is 0 Å². The average molecular weight is 164 g/mol. The predicted molar refractivity (Wildman–Crippen MR) is 43.0 cm³/mol. The van der Waals surface area contributed by atoms with Gasteiger partial charge in [0.15, 0.2) is 0 Å². The fraction of sp³-hybridized carbons (Fsp3) is 0.333. The molecule has 1 aromatic rings. The first-order chi connectivity index (χ1) is 5.65. The molecule has 0 aliphatic rings. The van der Waals surface area contributed by atoms with Crippen LogP contribution in [-0.2, 0) is 0 Å². The van der Waals surface area contributed by atoms with E-state index in [9.17, 15) is 4.39 Å². The Balaban J connectivity index is 3.24. The van der Waals surface area contributed by atoms with E-state index in [0.29, 0.717) is 11.3 Å². The number of halogens is 1. The average Bonchev–Trinajstić information content (AvgIpc) is 2.04. The summed E-state index contributed by atoms with van der Waals surface area (Å²) in [6.07, 6.45) is 1.06. The minimum atomic E-state index is -0.391. The van der Waals surface area contributed by atoms with Crippen LogP contribution in [0.25, 0.3) is 0 Å². The zero-order chi connectivity index (χ0) is 9.14. The highest BCUT2D eigenvalue weighted by Gasteiger charge is 2.08. The molecule has 1 heterocycles. The molecule has 0 aromatic carbocycles. The van der Waals surface area contributed by atoms with Crippen LogP contribution in [0.3, 0.4) is 0 Å². The molecule has 0 amide bonds. The molecule has 0 spiro atoms. The molecule has 0 unspecified atom stereocenters. The summed E-state index contributed by atoms with van der Waals surface area (Å²) in [6, 6.07) is 3.28. The molecule has 0 N–H and O–H groups in total. The second-order valence-electron chi connectivity index (χ2n) is 2.86. The number of hydrogen-bond acceptors (Lipinski definition) is 2. The maximum atomic E-state index is 12.7. The molecular formula is C9H9FN2. The van der Waals surface area contributed by atoms with Gasteiger partial charge in [-0.2, -0.15) is 5.26 Å². The number of hydrogen-bond donors (Lipinski definition) is 0. The van der Waals surface area contributed by atoms with E-state index in [-0.39, 0.29) is 5.92 Å². The molecule has 0 saturated carbocycles. The maximum Gasteiger partial charge on any atom is 0.144 e. The first kappa shape index (κ1) is 8.66. The van der Waals surface area contributed by atoms with Crippen LogP contribution < -0.4 is 0 Å². The van der Waals surface area contributed by atoms with Crippen molar-refractivity contribution in [3.8, 4) is 6.07 Å². The van der Waals surface area contributed by atoms with E-state index in [1.54, 1.807) is 0 Å². The van der Waals surface area contributed by atoms with E-state index in [2.05, 4.69) is 4.98 Å². The fourth-order valence-electron chi connectivity index (χ4n) is 0.988. The Labute approximate surface area is 70.7 Å². The third kappa shape index (κ3) is 1.59. The molecule has 0 bridgehead atoms. The van der Waals surface area contributed by atoms with Gasteiger partial charge in [-0.05, 0) is 17.5 Å². The van der Waals surface area contributed by atoms with Gasteiger partial charge in [-0.25, -0.2) is 9.37 Å². The molecule has 1 aromatic heterocycles. The molecular weight excluding hydrogens is 155 g/mol. The van der Waals surface area contributed by atoms with Crippen LogP contribution in [0.1, 0.15) is 31.0 Å². The van der Waals surface area contributed by atoms with E-state index in [1.165, 1.54) is 6.07 Å². The summed E-state index contributed by atoms with van der Waals surface area (Å²) in [4.78, 5) is 3.68. The van der Waals surface area contributed by atoms with Crippen molar-refractivity contribution in [2.75, 3.05) is 0 Å². The van der Waals surface area contributed by atoms with Gasteiger partial charge in [0.05, 0.1) is 6.20 Å². The molecule has 0 aliphatic carbocycles. The Morgan fingerprint density at radius 2 is 2.25 bits per heavy atom. The standard InChI is InChI=1S/C9H9FN2/c1-6(2)8-3-7(10)5-12-9(8)4-11/h3,5-6H,1-2H3. The lowest BCUT2D eigenvalue weighted by atomic mass is 10.0. The van der Waals surface area contributed by atoms with Crippen molar-refractivity contribution >= 4 is 0 Å². The smallest absolute Gasteiger partial charge is 0.144 e. The quantitative estimate of drug-likeness (QED) is 0.638. The van der Waals surface area contributed by atoms with Gasteiger partial charge in [0, 0.05) is 0 Å². The molecule has 12 heavy (non-hydrogen) atoms.